The number of fused-ring (bicyclic) bond motifs is 1. The Balaban J connectivity index is 2.00. The van der Waals surface area contributed by atoms with E-state index < -0.39 is 0 Å². The summed E-state index contributed by atoms with van der Waals surface area (Å²) in [5, 5.41) is 4.12. The molecule has 0 saturated carbocycles. The van der Waals surface area contributed by atoms with E-state index in [0.717, 1.165) is 5.69 Å². The molecule has 0 unspecified atom stereocenters. The van der Waals surface area contributed by atoms with Crippen molar-refractivity contribution in [1.29, 1.82) is 0 Å². The monoisotopic (exact) mass is 258 g/mol. The van der Waals surface area contributed by atoms with Crippen molar-refractivity contribution < 1.29 is 9.53 Å². The largest absolute Gasteiger partial charge is 0.490 e. The van der Waals surface area contributed by atoms with Crippen molar-refractivity contribution in [2.24, 2.45) is 7.05 Å². The van der Waals surface area contributed by atoms with Crippen molar-refractivity contribution in [1.82, 2.24) is 9.78 Å². The van der Waals surface area contributed by atoms with Gasteiger partial charge in [-0.15, -0.1) is 0 Å². The number of hydrogen-bond acceptors (Lipinski definition) is 4. The molecular weight excluding hydrogens is 244 g/mol. The van der Waals surface area contributed by atoms with Crippen molar-refractivity contribution in [3.8, 4) is 5.75 Å². The van der Waals surface area contributed by atoms with E-state index in [0.29, 0.717) is 24.6 Å². The Morgan fingerprint density at radius 3 is 2.95 bits per heavy atom. The molecule has 0 radical (unpaired) electrons. The van der Waals surface area contributed by atoms with Gasteiger partial charge >= 0.3 is 0 Å². The predicted molar refractivity (Wildman–Crippen MR) is 71.2 cm³/mol. The molecule has 3 rings (SSSR count). The highest BCUT2D eigenvalue weighted by Crippen LogP contribution is 2.32. The first kappa shape index (κ1) is 11.6. The molecule has 1 aliphatic heterocycles. The van der Waals surface area contributed by atoms with Gasteiger partial charge in [0.05, 0.1) is 17.9 Å². The molecule has 19 heavy (non-hydrogen) atoms. The fraction of sp³-hybridized carbons (Fsp3) is 0.231. The second-order valence-corrected chi connectivity index (χ2v) is 4.38. The number of rotatable bonds is 1. The Bertz CT molecular complexity index is 635. The van der Waals surface area contributed by atoms with E-state index in [1.165, 1.54) is 4.68 Å². The Hall–Kier alpha value is -2.50. The van der Waals surface area contributed by atoms with Gasteiger partial charge < -0.3 is 10.5 Å². The average Bonchev–Trinajstić information content (AvgIpc) is 2.76. The molecule has 0 atom stereocenters. The average molecular weight is 258 g/mol. The van der Waals surface area contributed by atoms with Crippen LogP contribution in [0.4, 0.5) is 11.4 Å². The number of benzene rings is 1. The normalized spacial score (nSPS) is 13.8. The molecule has 0 spiro atoms. The number of hydrogen-bond donors (Lipinski definition) is 1. The van der Waals surface area contributed by atoms with Crippen LogP contribution in [-0.4, -0.2) is 28.8 Å². The summed E-state index contributed by atoms with van der Waals surface area (Å²) in [6, 6.07) is 7.44. The lowest BCUT2D eigenvalue weighted by molar-refractivity contribution is 0.0972. The lowest BCUT2D eigenvalue weighted by Gasteiger charge is -2.28. The minimum atomic E-state index is -0.200. The summed E-state index contributed by atoms with van der Waals surface area (Å²) in [5.41, 5.74) is 7.22. The zero-order valence-corrected chi connectivity index (χ0v) is 10.5. The Labute approximate surface area is 110 Å². The summed E-state index contributed by atoms with van der Waals surface area (Å²) in [4.78, 5) is 14.2. The summed E-state index contributed by atoms with van der Waals surface area (Å²) < 4.78 is 7.06. The maximum atomic E-state index is 12.5. The fourth-order valence-electron chi connectivity index (χ4n) is 2.18. The van der Waals surface area contributed by atoms with Gasteiger partial charge in [-0.2, -0.15) is 5.10 Å². The van der Waals surface area contributed by atoms with Crippen molar-refractivity contribution in [2.75, 3.05) is 23.8 Å². The van der Waals surface area contributed by atoms with Gasteiger partial charge in [0.2, 0.25) is 0 Å². The van der Waals surface area contributed by atoms with E-state index >= 15 is 0 Å². The van der Waals surface area contributed by atoms with Crippen molar-refractivity contribution in [2.45, 2.75) is 0 Å². The highest BCUT2D eigenvalue weighted by molar-refractivity contribution is 6.08. The van der Waals surface area contributed by atoms with Gasteiger partial charge in [0, 0.05) is 13.2 Å². The van der Waals surface area contributed by atoms with Crippen LogP contribution in [0, 0.1) is 0 Å². The van der Waals surface area contributed by atoms with Crippen LogP contribution in [0.25, 0.3) is 0 Å². The Morgan fingerprint density at radius 2 is 2.21 bits per heavy atom. The lowest BCUT2D eigenvalue weighted by atomic mass is 10.2. The molecular formula is C13H14N4O2. The van der Waals surface area contributed by atoms with E-state index in [1.54, 1.807) is 18.1 Å². The van der Waals surface area contributed by atoms with Crippen LogP contribution in [0.15, 0.2) is 30.5 Å². The maximum absolute atomic E-state index is 12.5. The van der Waals surface area contributed by atoms with Crippen molar-refractivity contribution in [3.63, 3.8) is 0 Å². The second kappa shape index (κ2) is 4.31. The molecule has 2 aromatic rings. The third kappa shape index (κ3) is 1.91. The molecule has 0 aliphatic carbocycles. The summed E-state index contributed by atoms with van der Waals surface area (Å²) >= 11 is 0. The number of para-hydroxylation sites is 2. The van der Waals surface area contributed by atoms with Gasteiger partial charge in [0.15, 0.2) is 5.69 Å². The van der Waals surface area contributed by atoms with Crippen LogP contribution >= 0.6 is 0 Å². The number of aromatic nitrogens is 2. The Morgan fingerprint density at radius 1 is 1.42 bits per heavy atom. The number of nitrogen functional groups attached to an aromatic ring is 1. The number of nitrogens with zero attached hydrogens (tertiary/aromatic N) is 3. The number of ether oxygens (including phenoxy) is 1. The molecule has 1 amide bonds. The fourth-order valence-corrected chi connectivity index (χ4v) is 2.18. The highest BCUT2D eigenvalue weighted by atomic mass is 16.5. The standard InChI is InChI=1S/C13H14N4O2/c1-16-8-9(14)12(15-16)13(18)17-6-7-19-11-5-3-2-4-10(11)17/h2-5,8H,6-7,14H2,1H3. The van der Waals surface area contributed by atoms with Crippen LogP contribution in [-0.2, 0) is 7.05 Å². The number of aryl methyl sites for hydroxylation is 1. The van der Waals surface area contributed by atoms with E-state index in [9.17, 15) is 4.79 Å². The number of amides is 1. The quantitative estimate of drug-likeness (QED) is 0.829. The van der Waals surface area contributed by atoms with Gasteiger partial charge in [-0.05, 0) is 12.1 Å². The molecule has 6 nitrogen and oxygen atoms in total. The molecule has 2 N–H and O–H groups in total. The minimum absolute atomic E-state index is 0.200. The number of nitrogens with two attached hydrogens (primary N) is 1. The molecule has 98 valence electrons. The van der Waals surface area contributed by atoms with E-state index in [-0.39, 0.29) is 11.6 Å². The van der Waals surface area contributed by atoms with Crippen molar-refractivity contribution >= 4 is 17.3 Å². The van der Waals surface area contributed by atoms with E-state index in [1.807, 2.05) is 24.3 Å². The van der Waals surface area contributed by atoms with E-state index in [2.05, 4.69) is 5.10 Å². The summed E-state index contributed by atoms with van der Waals surface area (Å²) in [6.07, 6.45) is 1.62. The number of carbonyl (C=O) groups excluding carboxylic acids is 1. The Kier molecular flexibility index (Phi) is 2.63. The molecule has 0 bridgehead atoms. The lowest BCUT2D eigenvalue weighted by Crippen LogP contribution is -2.38. The maximum Gasteiger partial charge on any atom is 0.281 e. The zero-order valence-electron chi connectivity index (χ0n) is 10.5. The second-order valence-electron chi connectivity index (χ2n) is 4.38. The number of anilines is 2. The van der Waals surface area contributed by atoms with Crippen LogP contribution in [0.5, 0.6) is 5.75 Å². The smallest absolute Gasteiger partial charge is 0.281 e. The van der Waals surface area contributed by atoms with E-state index in [4.69, 9.17) is 10.5 Å². The molecule has 0 fully saturated rings. The van der Waals surface area contributed by atoms with Gasteiger partial charge in [-0.25, -0.2) is 0 Å². The molecule has 1 aromatic carbocycles. The topological polar surface area (TPSA) is 73.4 Å². The van der Waals surface area contributed by atoms with Crippen LogP contribution < -0.4 is 15.4 Å². The summed E-state index contributed by atoms with van der Waals surface area (Å²) in [6.45, 7) is 0.960. The minimum Gasteiger partial charge on any atom is -0.490 e. The van der Waals surface area contributed by atoms with Gasteiger partial charge in [0.1, 0.15) is 12.4 Å². The first-order valence-electron chi connectivity index (χ1n) is 5.99. The highest BCUT2D eigenvalue weighted by Gasteiger charge is 2.27. The van der Waals surface area contributed by atoms with Crippen LogP contribution in [0.3, 0.4) is 0 Å². The molecule has 2 heterocycles. The van der Waals surface area contributed by atoms with Gasteiger partial charge in [-0.1, -0.05) is 12.1 Å². The van der Waals surface area contributed by atoms with Crippen LogP contribution in [0.1, 0.15) is 10.5 Å². The third-order valence-corrected chi connectivity index (χ3v) is 3.03. The summed E-state index contributed by atoms with van der Waals surface area (Å²) in [5.74, 6) is 0.505. The third-order valence-electron chi connectivity index (χ3n) is 3.03. The molecule has 1 aromatic heterocycles. The molecule has 1 aliphatic rings. The predicted octanol–water partition coefficient (Wildman–Crippen LogP) is 1.04. The first-order chi connectivity index (χ1) is 9.16. The molecule has 6 heteroatoms. The summed E-state index contributed by atoms with van der Waals surface area (Å²) in [7, 11) is 1.74. The zero-order chi connectivity index (χ0) is 13.4. The van der Waals surface area contributed by atoms with Crippen LogP contribution in [0.2, 0.25) is 0 Å². The van der Waals surface area contributed by atoms with Crippen molar-refractivity contribution in [3.05, 3.63) is 36.2 Å². The molecule has 0 saturated heterocycles. The van der Waals surface area contributed by atoms with Gasteiger partial charge in [0.25, 0.3) is 5.91 Å². The van der Waals surface area contributed by atoms with Gasteiger partial charge in [-0.3, -0.25) is 14.4 Å². The SMILES string of the molecule is Cn1cc(N)c(C(=O)N2CCOc3ccccc32)n1. The number of carbonyl (C=O) groups is 1. The first-order valence-corrected chi connectivity index (χ1v) is 5.99.